The summed E-state index contributed by atoms with van der Waals surface area (Å²) >= 11 is 1.68. The minimum atomic E-state index is -0.291. The number of nitrogens with one attached hydrogen (secondary N) is 1. The van der Waals surface area contributed by atoms with Crippen LogP contribution in [-0.2, 0) is 4.79 Å². The van der Waals surface area contributed by atoms with Crippen LogP contribution >= 0.6 is 11.8 Å². The fourth-order valence-electron chi connectivity index (χ4n) is 2.07. The van der Waals surface area contributed by atoms with Crippen LogP contribution in [0.15, 0.2) is 52.5 Å². The Morgan fingerprint density at radius 3 is 2.43 bits per heavy atom. The summed E-state index contributed by atoms with van der Waals surface area (Å²) in [4.78, 5) is 12.9. The number of hydrazone groups is 1. The molecule has 0 fully saturated rings. The van der Waals surface area contributed by atoms with Gasteiger partial charge in [0.05, 0.1) is 6.21 Å². The van der Waals surface area contributed by atoms with Crippen molar-refractivity contribution >= 4 is 23.9 Å². The molecule has 2 rings (SSSR count). The monoisotopic (exact) mass is 328 g/mol. The van der Waals surface area contributed by atoms with E-state index in [4.69, 9.17) is 4.74 Å². The van der Waals surface area contributed by atoms with Gasteiger partial charge < -0.3 is 4.74 Å². The van der Waals surface area contributed by atoms with Gasteiger partial charge in [0.2, 0.25) is 0 Å². The maximum Gasteiger partial charge on any atom is 0.277 e. The van der Waals surface area contributed by atoms with E-state index in [1.165, 1.54) is 4.90 Å². The maximum atomic E-state index is 11.7. The van der Waals surface area contributed by atoms with Crippen molar-refractivity contribution in [1.29, 1.82) is 0 Å². The highest BCUT2D eigenvalue weighted by Gasteiger charge is 2.02. The van der Waals surface area contributed by atoms with Gasteiger partial charge in [-0.1, -0.05) is 18.2 Å². The van der Waals surface area contributed by atoms with Crippen molar-refractivity contribution in [3.8, 4) is 5.75 Å². The highest BCUT2D eigenvalue weighted by molar-refractivity contribution is 7.98. The van der Waals surface area contributed by atoms with E-state index in [9.17, 15) is 4.79 Å². The molecule has 120 valence electrons. The minimum absolute atomic E-state index is 0.0638. The van der Waals surface area contributed by atoms with E-state index in [0.29, 0.717) is 5.75 Å². The molecule has 0 aliphatic carbocycles. The molecule has 0 aromatic heterocycles. The zero-order valence-corrected chi connectivity index (χ0v) is 14.3. The number of nitrogens with zero attached hydrogens (tertiary/aromatic N) is 1. The largest absolute Gasteiger partial charge is 0.484 e. The average Bonchev–Trinajstić information content (AvgIpc) is 2.53. The van der Waals surface area contributed by atoms with Crippen molar-refractivity contribution in [2.75, 3.05) is 12.9 Å². The predicted octanol–water partition coefficient (Wildman–Crippen LogP) is 3.55. The number of carbonyl (C=O) groups excluding carboxylic acids is 1. The first-order valence-corrected chi connectivity index (χ1v) is 8.46. The number of benzene rings is 2. The first kappa shape index (κ1) is 17.1. The van der Waals surface area contributed by atoms with E-state index in [2.05, 4.69) is 16.6 Å². The van der Waals surface area contributed by atoms with Crippen LogP contribution < -0.4 is 10.2 Å². The van der Waals surface area contributed by atoms with Crippen LogP contribution in [0.1, 0.15) is 16.7 Å². The van der Waals surface area contributed by atoms with Crippen molar-refractivity contribution in [3.63, 3.8) is 0 Å². The molecule has 2 aromatic rings. The molecule has 5 heteroatoms. The minimum Gasteiger partial charge on any atom is -0.484 e. The fourth-order valence-corrected chi connectivity index (χ4v) is 2.47. The van der Waals surface area contributed by atoms with Gasteiger partial charge in [-0.3, -0.25) is 4.79 Å². The van der Waals surface area contributed by atoms with Crippen LogP contribution in [0.25, 0.3) is 0 Å². The average molecular weight is 328 g/mol. The van der Waals surface area contributed by atoms with Gasteiger partial charge in [0, 0.05) is 4.90 Å². The van der Waals surface area contributed by atoms with E-state index in [-0.39, 0.29) is 12.5 Å². The molecule has 23 heavy (non-hydrogen) atoms. The van der Waals surface area contributed by atoms with E-state index in [1.54, 1.807) is 18.0 Å². The van der Waals surface area contributed by atoms with E-state index in [1.807, 2.05) is 56.5 Å². The van der Waals surface area contributed by atoms with Gasteiger partial charge in [-0.05, 0) is 61.1 Å². The van der Waals surface area contributed by atoms with E-state index >= 15 is 0 Å². The fraction of sp³-hybridized carbons (Fsp3) is 0.222. The molecular formula is C18H20N2O2S. The summed E-state index contributed by atoms with van der Waals surface area (Å²) in [5.41, 5.74) is 5.60. The molecule has 0 unspecified atom stereocenters. The molecule has 0 aliphatic heterocycles. The lowest BCUT2D eigenvalue weighted by molar-refractivity contribution is -0.123. The number of aryl methyl sites for hydroxylation is 2. The number of thioether (sulfide) groups is 1. The smallest absolute Gasteiger partial charge is 0.277 e. The lowest BCUT2D eigenvalue weighted by Crippen LogP contribution is -2.24. The molecule has 0 spiro atoms. The molecule has 0 saturated carbocycles. The molecule has 0 aliphatic rings. The summed E-state index contributed by atoms with van der Waals surface area (Å²) in [6.07, 6.45) is 3.64. The highest BCUT2D eigenvalue weighted by Crippen LogP contribution is 2.16. The second-order valence-corrected chi connectivity index (χ2v) is 6.06. The summed E-state index contributed by atoms with van der Waals surface area (Å²) < 4.78 is 5.47. The normalized spacial score (nSPS) is 10.7. The second-order valence-electron chi connectivity index (χ2n) is 5.18. The summed E-state index contributed by atoms with van der Waals surface area (Å²) in [6.45, 7) is 3.92. The van der Waals surface area contributed by atoms with Gasteiger partial charge in [-0.15, -0.1) is 11.8 Å². The van der Waals surface area contributed by atoms with Crippen molar-refractivity contribution in [1.82, 2.24) is 5.43 Å². The van der Waals surface area contributed by atoms with Gasteiger partial charge in [-0.25, -0.2) is 5.43 Å². The van der Waals surface area contributed by atoms with E-state index in [0.717, 1.165) is 16.7 Å². The summed E-state index contributed by atoms with van der Waals surface area (Å²) in [5, 5.41) is 3.93. The third-order valence-corrected chi connectivity index (χ3v) is 3.83. The number of carbonyl (C=O) groups is 1. The first-order valence-electron chi connectivity index (χ1n) is 7.24. The lowest BCUT2D eigenvalue weighted by atomic mass is 10.1. The molecule has 1 N–H and O–H groups in total. The molecule has 0 radical (unpaired) electrons. The van der Waals surface area contributed by atoms with Crippen molar-refractivity contribution in [2.45, 2.75) is 18.7 Å². The van der Waals surface area contributed by atoms with Gasteiger partial charge in [-0.2, -0.15) is 5.10 Å². The number of hydrogen-bond acceptors (Lipinski definition) is 4. The standard InChI is InChI=1S/C18H20N2O2S/c1-13-8-14(2)10-16(9-13)22-12-18(21)20-19-11-15-4-6-17(23-3)7-5-15/h4-11H,12H2,1-3H3,(H,20,21)/b19-11+. The Bertz CT molecular complexity index is 676. The number of ether oxygens (including phenoxy) is 1. The molecule has 4 nitrogen and oxygen atoms in total. The SMILES string of the molecule is CSc1ccc(/C=N/NC(=O)COc2cc(C)cc(C)c2)cc1. The summed E-state index contributed by atoms with van der Waals surface area (Å²) in [6, 6.07) is 13.8. The Kier molecular flexibility index (Phi) is 6.23. The van der Waals surface area contributed by atoms with Gasteiger partial charge in [0.15, 0.2) is 6.61 Å². The van der Waals surface area contributed by atoms with Crippen LogP contribution in [0.4, 0.5) is 0 Å². The third-order valence-electron chi connectivity index (χ3n) is 3.08. The maximum absolute atomic E-state index is 11.7. The molecule has 0 heterocycles. The molecule has 0 atom stereocenters. The first-order chi connectivity index (χ1) is 11.1. The lowest BCUT2D eigenvalue weighted by Gasteiger charge is -2.07. The zero-order chi connectivity index (χ0) is 16.7. The number of hydrogen-bond donors (Lipinski definition) is 1. The van der Waals surface area contributed by atoms with E-state index < -0.39 is 0 Å². The van der Waals surface area contributed by atoms with Gasteiger partial charge >= 0.3 is 0 Å². The number of rotatable bonds is 6. The summed E-state index contributed by atoms with van der Waals surface area (Å²) in [5.74, 6) is 0.399. The summed E-state index contributed by atoms with van der Waals surface area (Å²) in [7, 11) is 0. The quantitative estimate of drug-likeness (QED) is 0.501. The van der Waals surface area contributed by atoms with Crippen molar-refractivity contribution < 1.29 is 9.53 Å². The Morgan fingerprint density at radius 2 is 1.83 bits per heavy atom. The Labute approximate surface area is 140 Å². The molecule has 0 saturated heterocycles. The second kappa shape index (κ2) is 8.39. The van der Waals surface area contributed by atoms with Crippen LogP contribution in [0.5, 0.6) is 5.75 Å². The van der Waals surface area contributed by atoms with Crippen molar-refractivity contribution in [3.05, 3.63) is 59.2 Å². The Balaban J connectivity index is 1.81. The predicted molar refractivity (Wildman–Crippen MR) is 95.4 cm³/mol. The van der Waals surface area contributed by atoms with Crippen LogP contribution in [0, 0.1) is 13.8 Å². The molecule has 0 bridgehead atoms. The molecular weight excluding hydrogens is 308 g/mol. The molecule has 1 amide bonds. The van der Waals surface area contributed by atoms with Crippen molar-refractivity contribution in [2.24, 2.45) is 5.10 Å². The Hall–Kier alpha value is -2.27. The Morgan fingerprint density at radius 1 is 1.17 bits per heavy atom. The topological polar surface area (TPSA) is 50.7 Å². The third kappa shape index (κ3) is 5.79. The van der Waals surface area contributed by atoms with Crippen LogP contribution in [-0.4, -0.2) is 25.0 Å². The molecule has 2 aromatic carbocycles. The number of amides is 1. The van der Waals surface area contributed by atoms with Crippen LogP contribution in [0.2, 0.25) is 0 Å². The van der Waals surface area contributed by atoms with Gasteiger partial charge in [0.25, 0.3) is 5.91 Å². The van der Waals surface area contributed by atoms with Crippen LogP contribution in [0.3, 0.4) is 0 Å². The zero-order valence-electron chi connectivity index (χ0n) is 13.5. The highest BCUT2D eigenvalue weighted by atomic mass is 32.2. The van der Waals surface area contributed by atoms with Gasteiger partial charge in [0.1, 0.15) is 5.75 Å².